The van der Waals surface area contributed by atoms with Crippen LogP contribution in [0.3, 0.4) is 0 Å². The lowest BCUT2D eigenvalue weighted by Crippen LogP contribution is -2.17. The minimum atomic E-state index is 0.285. The Morgan fingerprint density at radius 1 is 1.19 bits per heavy atom. The maximum Gasteiger partial charge on any atom is 0.127 e. The fourth-order valence-electron chi connectivity index (χ4n) is 2.64. The van der Waals surface area contributed by atoms with Gasteiger partial charge in [0.05, 0.1) is 6.04 Å². The fraction of sp³-hybridized carbons (Fsp3) is 0.333. The van der Waals surface area contributed by atoms with Crippen LogP contribution >= 0.6 is 0 Å². The fourth-order valence-corrected chi connectivity index (χ4v) is 2.64. The number of fused-ring (bicyclic) bond motifs is 1. The normalized spacial score (nSPS) is 16.4. The Labute approximate surface area is 125 Å². The average Bonchev–Trinajstić information content (AvgIpc) is 2.90. The number of rotatable bonds is 4. The number of aryl methyl sites for hydroxylation is 2. The van der Waals surface area contributed by atoms with E-state index in [2.05, 4.69) is 43.4 Å². The first-order chi connectivity index (χ1) is 10.2. The molecule has 2 aromatic carbocycles. The van der Waals surface area contributed by atoms with Crippen molar-refractivity contribution in [2.75, 3.05) is 13.7 Å². The van der Waals surface area contributed by atoms with Gasteiger partial charge in [-0.2, -0.15) is 0 Å². The van der Waals surface area contributed by atoms with Crippen molar-refractivity contribution in [1.29, 1.82) is 0 Å². The van der Waals surface area contributed by atoms with E-state index in [1.54, 1.807) is 0 Å². The van der Waals surface area contributed by atoms with Gasteiger partial charge in [0.15, 0.2) is 0 Å². The molecule has 2 aromatic rings. The molecule has 0 amide bonds. The first-order valence-corrected chi connectivity index (χ1v) is 7.30. The van der Waals surface area contributed by atoms with Crippen LogP contribution in [0.2, 0.25) is 0 Å². The zero-order valence-corrected chi connectivity index (χ0v) is 12.8. The topological polar surface area (TPSA) is 30.5 Å². The lowest BCUT2D eigenvalue weighted by atomic mass is 10.1. The van der Waals surface area contributed by atoms with Gasteiger partial charge in [0, 0.05) is 11.6 Å². The van der Waals surface area contributed by atoms with Crippen LogP contribution in [0.4, 0.5) is 0 Å². The van der Waals surface area contributed by atoms with Gasteiger partial charge in [0.1, 0.15) is 24.7 Å². The summed E-state index contributed by atoms with van der Waals surface area (Å²) in [5, 5.41) is 3.25. The van der Waals surface area contributed by atoms with Crippen LogP contribution in [0.15, 0.2) is 36.4 Å². The van der Waals surface area contributed by atoms with Gasteiger partial charge in [-0.15, -0.1) is 0 Å². The smallest absolute Gasteiger partial charge is 0.127 e. The van der Waals surface area contributed by atoms with Gasteiger partial charge in [-0.25, -0.2) is 0 Å². The summed E-state index contributed by atoms with van der Waals surface area (Å²) in [5.41, 5.74) is 4.95. The van der Waals surface area contributed by atoms with Crippen LogP contribution in [-0.4, -0.2) is 13.7 Å². The highest BCUT2D eigenvalue weighted by Crippen LogP contribution is 2.35. The zero-order valence-electron chi connectivity index (χ0n) is 12.8. The van der Waals surface area contributed by atoms with Gasteiger partial charge in [-0.1, -0.05) is 23.8 Å². The molecule has 3 nitrogen and oxygen atoms in total. The third kappa shape index (κ3) is 2.88. The molecule has 1 atom stereocenters. The van der Waals surface area contributed by atoms with Crippen molar-refractivity contribution in [2.45, 2.75) is 26.5 Å². The summed E-state index contributed by atoms with van der Waals surface area (Å²) < 4.78 is 11.6. The Hall–Kier alpha value is -2.00. The van der Waals surface area contributed by atoms with E-state index in [1.807, 2.05) is 19.2 Å². The van der Waals surface area contributed by atoms with Crippen LogP contribution in [0.25, 0.3) is 0 Å². The molecule has 3 heteroatoms. The predicted octanol–water partition coefficient (Wildman–Crippen LogP) is 3.54. The molecule has 0 spiro atoms. The molecule has 0 fully saturated rings. The minimum Gasteiger partial charge on any atom is -0.491 e. The predicted molar refractivity (Wildman–Crippen MR) is 84.0 cm³/mol. The second kappa shape index (κ2) is 5.78. The van der Waals surface area contributed by atoms with E-state index in [0.717, 1.165) is 11.5 Å². The van der Waals surface area contributed by atoms with Crippen molar-refractivity contribution in [1.82, 2.24) is 5.32 Å². The summed E-state index contributed by atoms with van der Waals surface area (Å²) >= 11 is 0. The average molecular weight is 283 g/mol. The molecule has 0 radical (unpaired) electrons. The number of nitrogens with one attached hydrogen (secondary N) is 1. The molecule has 3 rings (SSSR count). The number of likely N-dealkylation sites (N-methyl/N-ethyl adjacent to an activating group) is 1. The second-order valence-corrected chi connectivity index (χ2v) is 5.57. The molecular formula is C18H21NO2. The third-order valence-corrected chi connectivity index (χ3v) is 4.01. The van der Waals surface area contributed by atoms with E-state index in [0.29, 0.717) is 13.2 Å². The van der Waals surface area contributed by atoms with Crippen molar-refractivity contribution in [3.05, 3.63) is 58.7 Å². The Balaban J connectivity index is 1.73. The zero-order chi connectivity index (χ0) is 14.8. The molecule has 1 aliphatic rings. The van der Waals surface area contributed by atoms with Crippen molar-refractivity contribution in [2.24, 2.45) is 0 Å². The van der Waals surface area contributed by atoms with Gasteiger partial charge in [0.2, 0.25) is 0 Å². The van der Waals surface area contributed by atoms with Crippen molar-refractivity contribution < 1.29 is 9.47 Å². The van der Waals surface area contributed by atoms with Crippen LogP contribution in [0.5, 0.6) is 11.5 Å². The maximum atomic E-state index is 5.92. The molecule has 0 saturated heterocycles. The van der Waals surface area contributed by atoms with Gasteiger partial charge in [0.25, 0.3) is 0 Å². The maximum absolute atomic E-state index is 5.92. The summed E-state index contributed by atoms with van der Waals surface area (Å²) in [6.45, 7) is 5.49. The summed E-state index contributed by atoms with van der Waals surface area (Å²) in [5.74, 6) is 1.78. The number of ether oxygens (including phenoxy) is 2. The Kier molecular flexibility index (Phi) is 3.84. The van der Waals surface area contributed by atoms with E-state index >= 15 is 0 Å². The molecule has 21 heavy (non-hydrogen) atoms. The third-order valence-electron chi connectivity index (χ3n) is 4.01. The Bertz CT molecular complexity index is 652. The van der Waals surface area contributed by atoms with E-state index in [-0.39, 0.29) is 6.04 Å². The van der Waals surface area contributed by atoms with Gasteiger partial charge in [-0.3, -0.25) is 0 Å². The standard InChI is InChI=1S/C18H21NO2/c1-12-4-5-13(2)14(8-12)10-20-15-6-7-16-17(19-3)11-21-18(16)9-15/h4-9,17,19H,10-11H2,1-3H3. The number of hydrogen-bond acceptors (Lipinski definition) is 3. The first kappa shape index (κ1) is 14.0. The molecule has 1 N–H and O–H groups in total. The molecule has 0 aliphatic carbocycles. The molecular weight excluding hydrogens is 262 g/mol. The Morgan fingerprint density at radius 2 is 2.05 bits per heavy atom. The summed E-state index contributed by atoms with van der Waals surface area (Å²) in [7, 11) is 1.95. The molecule has 0 saturated carbocycles. The minimum absolute atomic E-state index is 0.285. The van der Waals surface area contributed by atoms with Crippen molar-refractivity contribution in [3.63, 3.8) is 0 Å². The summed E-state index contributed by atoms with van der Waals surface area (Å²) in [6, 6.07) is 12.8. The second-order valence-electron chi connectivity index (χ2n) is 5.57. The van der Waals surface area contributed by atoms with Crippen LogP contribution in [0.1, 0.15) is 28.3 Å². The van der Waals surface area contributed by atoms with E-state index in [9.17, 15) is 0 Å². The van der Waals surface area contributed by atoms with Crippen LogP contribution in [0, 0.1) is 13.8 Å². The van der Waals surface area contributed by atoms with E-state index < -0.39 is 0 Å². The molecule has 0 bridgehead atoms. The van der Waals surface area contributed by atoms with Crippen molar-refractivity contribution in [3.8, 4) is 11.5 Å². The van der Waals surface area contributed by atoms with Crippen LogP contribution in [-0.2, 0) is 6.61 Å². The lowest BCUT2D eigenvalue weighted by Gasteiger charge is -2.11. The first-order valence-electron chi connectivity index (χ1n) is 7.30. The van der Waals surface area contributed by atoms with Crippen molar-refractivity contribution >= 4 is 0 Å². The summed E-state index contributed by atoms with van der Waals surface area (Å²) in [6.07, 6.45) is 0. The quantitative estimate of drug-likeness (QED) is 0.931. The lowest BCUT2D eigenvalue weighted by molar-refractivity contribution is 0.298. The summed E-state index contributed by atoms with van der Waals surface area (Å²) in [4.78, 5) is 0. The van der Waals surface area contributed by atoms with Gasteiger partial charge in [-0.05, 0) is 44.2 Å². The molecule has 110 valence electrons. The Morgan fingerprint density at radius 3 is 2.86 bits per heavy atom. The largest absolute Gasteiger partial charge is 0.491 e. The molecule has 1 heterocycles. The number of hydrogen-bond donors (Lipinski definition) is 1. The highest BCUT2D eigenvalue weighted by atomic mass is 16.5. The van der Waals surface area contributed by atoms with E-state index in [1.165, 1.54) is 22.3 Å². The SMILES string of the molecule is CNC1COc2cc(OCc3cc(C)ccc3C)ccc21. The highest BCUT2D eigenvalue weighted by Gasteiger charge is 2.22. The molecule has 1 aliphatic heterocycles. The van der Waals surface area contributed by atoms with Crippen LogP contribution < -0.4 is 14.8 Å². The van der Waals surface area contributed by atoms with E-state index in [4.69, 9.17) is 9.47 Å². The monoisotopic (exact) mass is 283 g/mol. The van der Waals surface area contributed by atoms with Gasteiger partial charge >= 0.3 is 0 Å². The highest BCUT2D eigenvalue weighted by molar-refractivity contribution is 5.45. The molecule has 1 unspecified atom stereocenters. The molecule has 0 aromatic heterocycles. The number of benzene rings is 2. The van der Waals surface area contributed by atoms with Gasteiger partial charge < -0.3 is 14.8 Å².